The second-order valence-electron chi connectivity index (χ2n) is 8.16. The fraction of sp³-hybridized carbons (Fsp3) is 0.143. The van der Waals surface area contributed by atoms with Crippen molar-refractivity contribution >= 4 is 11.0 Å². The first-order chi connectivity index (χ1) is 16.1. The lowest BCUT2D eigenvalue weighted by Crippen LogP contribution is -2.01. The predicted molar refractivity (Wildman–Crippen MR) is 130 cm³/mol. The number of fused-ring (bicyclic) bond motifs is 1. The quantitative estimate of drug-likeness (QED) is 0.297. The highest BCUT2D eigenvalue weighted by Gasteiger charge is 2.15. The summed E-state index contributed by atoms with van der Waals surface area (Å²) < 4.78 is 13.9. The van der Waals surface area contributed by atoms with Crippen molar-refractivity contribution in [2.45, 2.75) is 27.4 Å². The molecule has 5 heteroatoms. The van der Waals surface area contributed by atoms with Gasteiger partial charge in [-0.25, -0.2) is 4.68 Å². The molecule has 5 nitrogen and oxygen atoms in total. The number of ether oxygens (including phenoxy) is 2. The van der Waals surface area contributed by atoms with Crippen molar-refractivity contribution in [2.75, 3.05) is 0 Å². The zero-order valence-electron chi connectivity index (χ0n) is 18.9. The van der Waals surface area contributed by atoms with Gasteiger partial charge >= 0.3 is 0 Å². The van der Waals surface area contributed by atoms with Gasteiger partial charge < -0.3 is 9.47 Å². The second kappa shape index (κ2) is 8.79. The Morgan fingerprint density at radius 2 is 1.55 bits per heavy atom. The summed E-state index contributed by atoms with van der Waals surface area (Å²) in [6.45, 7) is 6.55. The molecule has 0 atom stereocenters. The van der Waals surface area contributed by atoms with Crippen LogP contribution in [0.2, 0.25) is 0 Å². The van der Waals surface area contributed by atoms with Crippen LogP contribution in [0.3, 0.4) is 0 Å². The summed E-state index contributed by atoms with van der Waals surface area (Å²) in [4.78, 5) is 4.81. The third-order valence-corrected chi connectivity index (χ3v) is 5.53. The van der Waals surface area contributed by atoms with Crippen LogP contribution >= 0.6 is 0 Å². The topological polar surface area (TPSA) is 49.2 Å². The Balaban J connectivity index is 1.40. The number of hydrogen-bond donors (Lipinski definition) is 0. The molecule has 0 aliphatic carbocycles. The van der Waals surface area contributed by atoms with E-state index in [2.05, 4.69) is 38.1 Å². The molecule has 5 aromatic rings. The van der Waals surface area contributed by atoms with E-state index in [0.717, 1.165) is 45.0 Å². The molecule has 0 amide bonds. The predicted octanol–water partition coefficient (Wildman–Crippen LogP) is 6.72. The van der Waals surface area contributed by atoms with Crippen molar-refractivity contribution in [2.24, 2.45) is 0 Å². The zero-order chi connectivity index (χ0) is 22.8. The van der Waals surface area contributed by atoms with Gasteiger partial charge in [0.1, 0.15) is 18.1 Å². The van der Waals surface area contributed by atoms with Crippen molar-refractivity contribution in [3.8, 4) is 23.1 Å². The summed E-state index contributed by atoms with van der Waals surface area (Å²) in [6, 6.07) is 27.9. The van der Waals surface area contributed by atoms with Crippen LogP contribution in [0.5, 0.6) is 17.4 Å². The van der Waals surface area contributed by atoms with E-state index >= 15 is 0 Å². The number of pyridine rings is 1. The Kier molecular flexibility index (Phi) is 5.53. The van der Waals surface area contributed by atoms with Crippen LogP contribution in [0, 0.1) is 20.8 Å². The number of rotatable bonds is 6. The molecule has 0 N–H and O–H groups in total. The minimum absolute atomic E-state index is 0.390. The summed E-state index contributed by atoms with van der Waals surface area (Å²) in [5.41, 5.74) is 6.03. The van der Waals surface area contributed by atoms with E-state index < -0.39 is 0 Å². The van der Waals surface area contributed by atoms with Crippen LogP contribution in [0.25, 0.3) is 16.7 Å². The summed E-state index contributed by atoms with van der Waals surface area (Å²) in [5.74, 6) is 2.15. The molecule has 0 saturated carbocycles. The van der Waals surface area contributed by atoms with Gasteiger partial charge in [0.15, 0.2) is 5.65 Å². The highest BCUT2D eigenvalue weighted by Crippen LogP contribution is 2.28. The second-order valence-corrected chi connectivity index (χ2v) is 8.16. The van der Waals surface area contributed by atoms with E-state index in [9.17, 15) is 0 Å². The lowest BCUT2D eigenvalue weighted by atomic mass is 10.1. The molecule has 0 spiro atoms. The normalized spacial score (nSPS) is 11.0. The molecule has 0 bridgehead atoms. The van der Waals surface area contributed by atoms with Crippen molar-refractivity contribution < 1.29 is 9.47 Å². The maximum absolute atomic E-state index is 6.10. The van der Waals surface area contributed by atoms with Crippen LogP contribution in [-0.4, -0.2) is 14.8 Å². The third kappa shape index (κ3) is 4.44. The average molecular weight is 436 g/mol. The van der Waals surface area contributed by atoms with E-state index in [-0.39, 0.29) is 0 Å². The molecule has 0 radical (unpaired) electrons. The molecule has 5 rings (SSSR count). The first-order valence-electron chi connectivity index (χ1n) is 11.0. The smallest absolute Gasteiger partial charge is 0.215 e. The molecule has 2 aromatic heterocycles. The molecular weight excluding hydrogens is 410 g/mol. The van der Waals surface area contributed by atoms with Gasteiger partial charge in [0.25, 0.3) is 0 Å². The number of aryl methyl sites for hydroxylation is 3. The summed E-state index contributed by atoms with van der Waals surface area (Å²) >= 11 is 0. The molecule has 0 unspecified atom stereocenters. The molecule has 0 aliphatic rings. The van der Waals surface area contributed by atoms with Crippen LogP contribution < -0.4 is 9.47 Å². The Morgan fingerprint density at radius 1 is 0.788 bits per heavy atom. The number of nitrogens with zero attached hydrogens (tertiary/aromatic N) is 3. The maximum atomic E-state index is 6.10. The van der Waals surface area contributed by atoms with Gasteiger partial charge in [0.05, 0.1) is 11.4 Å². The Bertz CT molecular complexity index is 1410. The van der Waals surface area contributed by atoms with Gasteiger partial charge in [-0.1, -0.05) is 48.0 Å². The molecule has 2 heterocycles. The third-order valence-electron chi connectivity index (χ3n) is 5.53. The van der Waals surface area contributed by atoms with Crippen molar-refractivity contribution in [1.29, 1.82) is 0 Å². The molecular formula is C28H25N3O2. The minimum atomic E-state index is 0.390. The van der Waals surface area contributed by atoms with Gasteiger partial charge in [-0.15, -0.1) is 0 Å². The summed E-state index contributed by atoms with van der Waals surface area (Å²) in [6.07, 6.45) is 0. The Morgan fingerprint density at radius 3 is 2.33 bits per heavy atom. The molecule has 164 valence electrons. The lowest BCUT2D eigenvalue weighted by Gasteiger charge is -2.10. The summed E-state index contributed by atoms with van der Waals surface area (Å²) in [5, 5.41) is 5.80. The monoisotopic (exact) mass is 435 g/mol. The highest BCUT2D eigenvalue weighted by molar-refractivity contribution is 5.84. The zero-order valence-corrected chi connectivity index (χ0v) is 18.9. The first-order valence-corrected chi connectivity index (χ1v) is 11.0. The number of para-hydroxylation sites is 1. The number of hydrogen-bond acceptors (Lipinski definition) is 4. The van der Waals surface area contributed by atoms with Crippen LogP contribution in [0.15, 0.2) is 84.9 Å². The van der Waals surface area contributed by atoms with Crippen LogP contribution in [0.1, 0.15) is 22.4 Å². The van der Waals surface area contributed by atoms with Crippen LogP contribution in [-0.2, 0) is 6.61 Å². The van der Waals surface area contributed by atoms with Gasteiger partial charge in [-0.2, -0.15) is 10.1 Å². The minimum Gasteiger partial charge on any atom is -0.473 e. The Hall–Kier alpha value is -4.12. The SMILES string of the molecule is Cc1ccc(-n2nc(C)c3c(C)cc(OCc4cccc(Oc5ccccc5)c4)nc32)cc1. The van der Waals surface area contributed by atoms with Gasteiger partial charge in [-0.05, 0) is 68.3 Å². The lowest BCUT2D eigenvalue weighted by molar-refractivity contribution is 0.294. The van der Waals surface area contributed by atoms with Crippen LogP contribution in [0.4, 0.5) is 0 Å². The maximum Gasteiger partial charge on any atom is 0.215 e. The number of benzene rings is 3. The fourth-order valence-electron chi connectivity index (χ4n) is 3.89. The van der Waals surface area contributed by atoms with Crippen molar-refractivity contribution in [1.82, 2.24) is 14.8 Å². The van der Waals surface area contributed by atoms with Crippen molar-refractivity contribution in [3.63, 3.8) is 0 Å². The fourth-order valence-corrected chi connectivity index (χ4v) is 3.89. The largest absolute Gasteiger partial charge is 0.473 e. The van der Waals surface area contributed by atoms with Gasteiger partial charge in [0.2, 0.25) is 5.88 Å². The molecule has 3 aromatic carbocycles. The van der Waals surface area contributed by atoms with Gasteiger partial charge in [-0.3, -0.25) is 0 Å². The molecule has 0 aliphatic heterocycles. The number of aromatic nitrogens is 3. The van der Waals surface area contributed by atoms with E-state index in [1.165, 1.54) is 5.56 Å². The molecule has 0 fully saturated rings. The van der Waals surface area contributed by atoms with Crippen molar-refractivity contribution in [3.05, 3.63) is 107 Å². The summed E-state index contributed by atoms with van der Waals surface area (Å²) in [7, 11) is 0. The van der Waals surface area contributed by atoms with E-state index in [0.29, 0.717) is 12.5 Å². The Labute approximate surface area is 193 Å². The van der Waals surface area contributed by atoms with Gasteiger partial charge in [0, 0.05) is 11.5 Å². The van der Waals surface area contributed by atoms with E-state index in [1.54, 1.807) is 0 Å². The standard InChI is InChI=1S/C28H25N3O2/c1-19-12-14-23(15-13-19)31-28-27(21(3)30-31)20(2)16-26(29-28)32-18-22-8-7-11-25(17-22)33-24-9-5-4-6-10-24/h4-17H,18H2,1-3H3. The average Bonchev–Trinajstić information content (AvgIpc) is 3.16. The highest BCUT2D eigenvalue weighted by atomic mass is 16.5. The first kappa shape index (κ1) is 20.8. The molecule has 33 heavy (non-hydrogen) atoms. The molecule has 0 saturated heterocycles. The van der Waals surface area contributed by atoms with E-state index in [4.69, 9.17) is 19.6 Å². The van der Waals surface area contributed by atoms with E-state index in [1.807, 2.05) is 72.3 Å².